The number of nitrogens with one attached hydrogen (secondary N) is 1. The zero-order chi connectivity index (χ0) is 14.5. The van der Waals surface area contributed by atoms with Crippen LogP contribution < -0.4 is 5.32 Å². The van der Waals surface area contributed by atoms with Gasteiger partial charge in [0.15, 0.2) is 0 Å². The maximum Gasteiger partial charge on any atom is 0.137 e. The highest BCUT2D eigenvalue weighted by atomic mass is 79.9. The number of benzene rings is 2. The average molecular weight is 333 g/mol. The Morgan fingerprint density at radius 1 is 1.30 bits per heavy atom. The van der Waals surface area contributed by atoms with E-state index in [1.807, 2.05) is 37.3 Å². The van der Waals surface area contributed by atoms with Gasteiger partial charge in [0.1, 0.15) is 5.82 Å². The van der Waals surface area contributed by atoms with Gasteiger partial charge in [-0.15, -0.1) is 0 Å². The van der Waals surface area contributed by atoms with Crippen LogP contribution in [0.25, 0.3) is 0 Å². The van der Waals surface area contributed by atoms with E-state index < -0.39 is 0 Å². The molecule has 4 heteroatoms. The zero-order valence-electron chi connectivity index (χ0n) is 11.0. The van der Waals surface area contributed by atoms with E-state index in [1.165, 1.54) is 6.07 Å². The van der Waals surface area contributed by atoms with Gasteiger partial charge in [-0.25, -0.2) is 4.39 Å². The molecule has 0 saturated heterocycles. The second-order valence-electron chi connectivity index (χ2n) is 4.55. The largest absolute Gasteiger partial charge is 0.377 e. The maximum absolute atomic E-state index is 13.4. The molecule has 2 rings (SSSR count). The summed E-state index contributed by atoms with van der Waals surface area (Å²) in [7, 11) is 0. The highest BCUT2D eigenvalue weighted by Gasteiger charge is 2.13. The van der Waals surface area contributed by atoms with Gasteiger partial charge in [-0.1, -0.05) is 30.3 Å². The van der Waals surface area contributed by atoms with Crippen molar-refractivity contribution in [2.24, 2.45) is 0 Å². The van der Waals surface area contributed by atoms with Crippen molar-refractivity contribution in [3.8, 4) is 6.07 Å². The summed E-state index contributed by atoms with van der Waals surface area (Å²) in [4.78, 5) is 0. The van der Waals surface area contributed by atoms with Gasteiger partial charge in [0.2, 0.25) is 0 Å². The monoisotopic (exact) mass is 332 g/mol. The van der Waals surface area contributed by atoms with Gasteiger partial charge in [-0.05, 0) is 46.1 Å². The molecule has 2 aromatic carbocycles. The van der Waals surface area contributed by atoms with Crippen molar-refractivity contribution in [1.82, 2.24) is 0 Å². The summed E-state index contributed by atoms with van der Waals surface area (Å²) >= 11 is 3.19. The molecule has 0 amide bonds. The lowest BCUT2D eigenvalue weighted by molar-refractivity contribution is 0.620. The number of aryl methyl sites for hydroxylation is 1. The lowest BCUT2D eigenvalue weighted by atomic mass is 10.0. The van der Waals surface area contributed by atoms with Crippen LogP contribution in [-0.2, 0) is 0 Å². The van der Waals surface area contributed by atoms with Gasteiger partial charge in [0.05, 0.1) is 23.0 Å². The Kier molecular flexibility index (Phi) is 4.75. The molecule has 0 spiro atoms. The molecule has 2 nitrogen and oxygen atoms in total. The third-order valence-electron chi connectivity index (χ3n) is 3.09. The van der Waals surface area contributed by atoms with Gasteiger partial charge in [-0.3, -0.25) is 0 Å². The minimum absolute atomic E-state index is 0.114. The molecule has 1 N–H and O–H groups in total. The Balaban J connectivity index is 2.30. The predicted octanol–water partition coefficient (Wildman–Crippen LogP) is 4.96. The Labute approximate surface area is 126 Å². The van der Waals surface area contributed by atoms with E-state index in [1.54, 1.807) is 6.07 Å². The highest BCUT2D eigenvalue weighted by molar-refractivity contribution is 9.10. The zero-order valence-corrected chi connectivity index (χ0v) is 12.6. The molecule has 1 unspecified atom stereocenters. The van der Waals surface area contributed by atoms with Crippen molar-refractivity contribution < 1.29 is 4.39 Å². The normalized spacial score (nSPS) is 11.7. The molecule has 0 radical (unpaired) electrons. The molecule has 2 aromatic rings. The highest BCUT2D eigenvalue weighted by Crippen LogP contribution is 2.28. The minimum Gasteiger partial charge on any atom is -0.377 e. The van der Waals surface area contributed by atoms with Crippen LogP contribution in [0.2, 0.25) is 0 Å². The number of hydrogen-bond acceptors (Lipinski definition) is 2. The van der Waals surface area contributed by atoms with Gasteiger partial charge < -0.3 is 5.32 Å². The number of hydrogen-bond donors (Lipinski definition) is 1. The summed E-state index contributed by atoms with van der Waals surface area (Å²) in [6.07, 6.45) is 0.346. The number of rotatable bonds is 4. The molecular weight excluding hydrogens is 319 g/mol. The lowest BCUT2D eigenvalue weighted by Gasteiger charge is -2.19. The van der Waals surface area contributed by atoms with Crippen molar-refractivity contribution >= 4 is 21.6 Å². The fourth-order valence-electron chi connectivity index (χ4n) is 2.02. The second kappa shape index (κ2) is 6.53. The summed E-state index contributed by atoms with van der Waals surface area (Å²) in [5.41, 5.74) is 2.67. The van der Waals surface area contributed by atoms with E-state index in [4.69, 9.17) is 5.26 Å². The quantitative estimate of drug-likeness (QED) is 0.858. The molecule has 20 heavy (non-hydrogen) atoms. The van der Waals surface area contributed by atoms with Crippen LogP contribution in [-0.4, -0.2) is 0 Å². The second-order valence-corrected chi connectivity index (χ2v) is 5.41. The van der Waals surface area contributed by atoms with Gasteiger partial charge in [0.25, 0.3) is 0 Å². The predicted molar refractivity (Wildman–Crippen MR) is 81.9 cm³/mol. The van der Waals surface area contributed by atoms with Crippen molar-refractivity contribution in [3.63, 3.8) is 0 Å². The smallest absolute Gasteiger partial charge is 0.137 e. The Hall–Kier alpha value is -1.86. The van der Waals surface area contributed by atoms with E-state index in [-0.39, 0.29) is 11.9 Å². The lowest BCUT2D eigenvalue weighted by Crippen LogP contribution is -2.11. The number of anilines is 1. The summed E-state index contributed by atoms with van der Waals surface area (Å²) in [5.74, 6) is -0.287. The Morgan fingerprint density at radius 3 is 2.65 bits per heavy atom. The van der Waals surface area contributed by atoms with Crippen LogP contribution in [0.15, 0.2) is 46.9 Å². The molecule has 1 atom stereocenters. The van der Waals surface area contributed by atoms with Crippen LogP contribution in [0.4, 0.5) is 10.1 Å². The Bertz CT molecular complexity index is 635. The summed E-state index contributed by atoms with van der Waals surface area (Å²) < 4.78 is 13.9. The number of nitriles is 1. The van der Waals surface area contributed by atoms with Crippen LogP contribution in [0.1, 0.15) is 23.6 Å². The van der Waals surface area contributed by atoms with E-state index in [0.29, 0.717) is 10.9 Å². The van der Waals surface area contributed by atoms with Gasteiger partial charge >= 0.3 is 0 Å². The van der Waals surface area contributed by atoms with Crippen molar-refractivity contribution in [3.05, 3.63) is 63.9 Å². The van der Waals surface area contributed by atoms with Crippen molar-refractivity contribution in [2.75, 3.05) is 5.32 Å². The molecule has 0 bridgehead atoms. The fraction of sp³-hybridized carbons (Fsp3) is 0.188. The first-order valence-corrected chi connectivity index (χ1v) is 7.05. The SMILES string of the molecule is Cc1cc(F)c(Br)cc1NC(CC#N)c1ccccc1. The van der Waals surface area contributed by atoms with Crippen LogP contribution >= 0.6 is 15.9 Å². The van der Waals surface area contributed by atoms with Crippen LogP contribution in [0, 0.1) is 24.1 Å². The Morgan fingerprint density at radius 2 is 2.00 bits per heavy atom. The molecule has 0 aliphatic carbocycles. The van der Waals surface area contributed by atoms with Gasteiger partial charge in [0, 0.05) is 5.69 Å². The van der Waals surface area contributed by atoms with E-state index >= 15 is 0 Å². The first-order chi connectivity index (χ1) is 9.61. The van der Waals surface area contributed by atoms with Crippen molar-refractivity contribution in [1.29, 1.82) is 5.26 Å². The van der Waals surface area contributed by atoms with Crippen LogP contribution in [0.5, 0.6) is 0 Å². The number of nitrogens with zero attached hydrogens (tertiary/aromatic N) is 1. The first kappa shape index (κ1) is 14.5. The third kappa shape index (κ3) is 3.37. The first-order valence-electron chi connectivity index (χ1n) is 6.26. The summed E-state index contributed by atoms with van der Waals surface area (Å²) in [5, 5.41) is 12.3. The van der Waals surface area contributed by atoms with Gasteiger partial charge in [-0.2, -0.15) is 5.26 Å². The summed E-state index contributed by atoms with van der Waals surface area (Å²) in [6, 6.07) is 15.0. The van der Waals surface area contributed by atoms with E-state index in [9.17, 15) is 4.39 Å². The topological polar surface area (TPSA) is 35.8 Å². The van der Waals surface area contributed by atoms with E-state index in [0.717, 1.165) is 16.8 Å². The fourth-order valence-corrected chi connectivity index (χ4v) is 2.36. The molecule has 0 aromatic heterocycles. The van der Waals surface area contributed by atoms with Crippen LogP contribution in [0.3, 0.4) is 0 Å². The standard InChI is InChI=1S/C16H14BrFN2/c1-11-9-14(18)13(17)10-16(11)20-15(7-8-19)12-5-3-2-4-6-12/h2-6,9-10,15,20H,7H2,1H3. The van der Waals surface area contributed by atoms with E-state index in [2.05, 4.69) is 27.3 Å². The molecule has 0 heterocycles. The molecule has 102 valence electrons. The van der Waals surface area contributed by atoms with Crippen molar-refractivity contribution in [2.45, 2.75) is 19.4 Å². The number of halogens is 2. The molecular formula is C16H14BrFN2. The molecule has 0 aliphatic rings. The summed E-state index contributed by atoms with van der Waals surface area (Å²) in [6.45, 7) is 1.84. The average Bonchev–Trinajstić information content (AvgIpc) is 2.45. The third-order valence-corrected chi connectivity index (χ3v) is 3.70. The maximum atomic E-state index is 13.4. The molecule has 0 fully saturated rings. The minimum atomic E-state index is -0.287. The molecule has 0 aliphatic heterocycles. The molecule has 0 saturated carbocycles.